The lowest BCUT2D eigenvalue weighted by Crippen LogP contribution is -2.53. The number of carbonyl (C=O) groups excluding carboxylic acids is 3. The molecule has 196 valence electrons. The first-order chi connectivity index (χ1) is 18.5. The lowest BCUT2D eigenvalue weighted by Gasteiger charge is -2.37. The fraction of sp³-hybridized carbons (Fsp3) is 0.481. The van der Waals surface area contributed by atoms with Gasteiger partial charge in [-0.2, -0.15) is 5.26 Å². The number of hydrogen-bond donors (Lipinski definition) is 1. The number of piperazine rings is 1. The number of pyridine rings is 2. The van der Waals surface area contributed by atoms with Crippen LogP contribution in [0.15, 0.2) is 18.3 Å². The number of aryl methyl sites for hydroxylation is 1. The van der Waals surface area contributed by atoms with Crippen LogP contribution in [0.25, 0.3) is 0 Å². The number of aromatic nitrogens is 2. The number of nitrogens with one attached hydrogen (secondary N) is 1. The summed E-state index contributed by atoms with van der Waals surface area (Å²) in [5.41, 5.74) is 2.12. The minimum Gasteiger partial charge on any atom is -0.489 e. The molecule has 0 bridgehead atoms. The van der Waals surface area contributed by atoms with Crippen molar-refractivity contribution in [2.24, 2.45) is 0 Å². The molecule has 2 aromatic heterocycles. The highest BCUT2D eigenvalue weighted by molar-refractivity contribution is 6.01. The maximum atomic E-state index is 13.3. The Morgan fingerprint density at radius 2 is 2.11 bits per heavy atom. The first kappa shape index (κ1) is 24.3. The number of carbonyl (C=O) groups is 3. The van der Waals surface area contributed by atoms with Crippen LogP contribution in [0.5, 0.6) is 5.75 Å². The van der Waals surface area contributed by atoms with Gasteiger partial charge >= 0.3 is 6.03 Å². The summed E-state index contributed by atoms with van der Waals surface area (Å²) in [6.45, 7) is 2.82. The quantitative estimate of drug-likeness (QED) is 0.581. The molecular weight excluding hydrogens is 486 g/mol. The van der Waals surface area contributed by atoms with Crippen LogP contribution in [-0.4, -0.2) is 76.3 Å². The van der Waals surface area contributed by atoms with E-state index in [2.05, 4.69) is 26.3 Å². The van der Waals surface area contributed by atoms with Gasteiger partial charge in [0.15, 0.2) is 6.29 Å². The number of ether oxygens (including phenoxy) is 1. The van der Waals surface area contributed by atoms with E-state index in [4.69, 9.17) is 4.74 Å². The summed E-state index contributed by atoms with van der Waals surface area (Å²) in [5, 5.41) is 12.1. The van der Waals surface area contributed by atoms with Gasteiger partial charge in [-0.05, 0) is 56.7 Å². The first-order valence-corrected chi connectivity index (χ1v) is 13.2. The third-order valence-corrected chi connectivity index (χ3v) is 7.65. The molecule has 1 atom stereocenters. The summed E-state index contributed by atoms with van der Waals surface area (Å²) in [6.07, 6.45) is 7.71. The van der Waals surface area contributed by atoms with Crippen molar-refractivity contribution in [3.05, 3.63) is 40.7 Å². The monoisotopic (exact) mass is 515 g/mol. The summed E-state index contributed by atoms with van der Waals surface area (Å²) in [5.74, 6) is 1.18. The Morgan fingerprint density at radius 1 is 1.24 bits per heavy atom. The number of nitriles is 1. The fourth-order valence-corrected chi connectivity index (χ4v) is 5.51. The van der Waals surface area contributed by atoms with Crippen LogP contribution in [0.4, 0.5) is 16.4 Å². The molecule has 6 rings (SSSR count). The SMILES string of the molecule is N#Cc1cnc(NC(=O)N2CCCc3cc(CN4CC5CCCN5CC4=O)c(C=O)nc32)cc1OC1CC1. The summed E-state index contributed by atoms with van der Waals surface area (Å²) < 4.78 is 5.80. The molecule has 11 heteroatoms. The Labute approximate surface area is 220 Å². The van der Waals surface area contributed by atoms with Crippen molar-refractivity contribution in [1.82, 2.24) is 19.8 Å². The molecule has 1 aliphatic carbocycles. The van der Waals surface area contributed by atoms with Crippen LogP contribution < -0.4 is 15.0 Å². The molecule has 11 nitrogen and oxygen atoms in total. The van der Waals surface area contributed by atoms with Gasteiger partial charge in [0.25, 0.3) is 0 Å². The van der Waals surface area contributed by atoms with Crippen LogP contribution in [0, 0.1) is 11.3 Å². The second kappa shape index (κ2) is 10.0. The Morgan fingerprint density at radius 3 is 2.89 bits per heavy atom. The van der Waals surface area contributed by atoms with E-state index in [1.807, 2.05) is 11.0 Å². The average molecular weight is 516 g/mol. The highest BCUT2D eigenvalue weighted by atomic mass is 16.5. The second-order valence-electron chi connectivity index (χ2n) is 10.4. The van der Waals surface area contributed by atoms with Crippen molar-refractivity contribution in [3.8, 4) is 11.8 Å². The minimum atomic E-state index is -0.426. The molecular formula is C27H29N7O4. The maximum Gasteiger partial charge on any atom is 0.328 e. The van der Waals surface area contributed by atoms with Gasteiger partial charge in [0.2, 0.25) is 5.91 Å². The van der Waals surface area contributed by atoms with E-state index >= 15 is 0 Å². The van der Waals surface area contributed by atoms with E-state index in [0.29, 0.717) is 61.2 Å². The molecule has 0 aromatic carbocycles. The number of fused-ring (bicyclic) bond motifs is 2. The van der Waals surface area contributed by atoms with Crippen molar-refractivity contribution in [2.45, 2.75) is 57.2 Å². The molecule has 1 N–H and O–H groups in total. The van der Waals surface area contributed by atoms with E-state index in [1.165, 1.54) is 11.1 Å². The van der Waals surface area contributed by atoms with Crippen LogP contribution in [-0.2, 0) is 17.8 Å². The lowest BCUT2D eigenvalue weighted by atomic mass is 10.0. The van der Waals surface area contributed by atoms with Crippen molar-refractivity contribution >= 4 is 29.9 Å². The molecule has 3 fully saturated rings. The van der Waals surface area contributed by atoms with Gasteiger partial charge in [0.1, 0.15) is 34.7 Å². The molecule has 2 aromatic rings. The number of hydrogen-bond acceptors (Lipinski definition) is 8. The zero-order valence-electron chi connectivity index (χ0n) is 21.1. The van der Waals surface area contributed by atoms with Crippen LogP contribution in [0.1, 0.15) is 59.3 Å². The van der Waals surface area contributed by atoms with Gasteiger partial charge in [0.05, 0.1) is 18.8 Å². The van der Waals surface area contributed by atoms with Gasteiger partial charge in [-0.25, -0.2) is 14.8 Å². The predicted molar refractivity (Wildman–Crippen MR) is 137 cm³/mol. The maximum absolute atomic E-state index is 13.3. The molecule has 1 unspecified atom stereocenters. The largest absolute Gasteiger partial charge is 0.489 e. The summed E-state index contributed by atoms with van der Waals surface area (Å²) in [7, 11) is 0. The average Bonchev–Trinajstić information content (AvgIpc) is 3.63. The second-order valence-corrected chi connectivity index (χ2v) is 10.4. The van der Waals surface area contributed by atoms with E-state index in [9.17, 15) is 19.6 Å². The topological polar surface area (TPSA) is 132 Å². The smallest absolute Gasteiger partial charge is 0.328 e. The van der Waals surface area contributed by atoms with E-state index < -0.39 is 6.03 Å². The van der Waals surface area contributed by atoms with Crippen molar-refractivity contribution < 1.29 is 19.1 Å². The molecule has 5 heterocycles. The Balaban J connectivity index is 1.21. The number of nitrogens with zero attached hydrogens (tertiary/aromatic N) is 6. The fourth-order valence-electron chi connectivity index (χ4n) is 5.51. The molecule has 1 saturated carbocycles. The molecule has 3 amide bonds. The predicted octanol–water partition coefficient (Wildman–Crippen LogP) is 2.49. The molecule has 0 spiro atoms. The van der Waals surface area contributed by atoms with Crippen molar-refractivity contribution in [2.75, 3.05) is 36.4 Å². The Kier molecular flexibility index (Phi) is 6.41. The number of rotatable bonds is 6. The zero-order valence-corrected chi connectivity index (χ0v) is 21.1. The molecule has 38 heavy (non-hydrogen) atoms. The standard InChI is InChI=1S/C27H29N7O4/c28-11-19-12-29-24(10-23(19)38-21-5-6-21)31-27(37)34-8-1-3-17-9-18(22(16-35)30-26(17)34)13-33-14-20-4-2-7-32(20)15-25(33)36/h9-10,12,16,20-21H,1-8,13-15H2,(H,29,31,37). The van der Waals surface area contributed by atoms with Crippen LogP contribution in [0.2, 0.25) is 0 Å². The Bertz CT molecular complexity index is 1340. The Hall–Kier alpha value is -4.04. The van der Waals surface area contributed by atoms with E-state index in [0.717, 1.165) is 50.6 Å². The van der Waals surface area contributed by atoms with Gasteiger partial charge in [-0.1, -0.05) is 0 Å². The molecule has 3 aliphatic heterocycles. The summed E-state index contributed by atoms with van der Waals surface area (Å²) in [6, 6.07) is 5.50. The van der Waals surface area contributed by atoms with Crippen LogP contribution in [0.3, 0.4) is 0 Å². The van der Waals surface area contributed by atoms with Crippen LogP contribution >= 0.6 is 0 Å². The molecule has 2 saturated heterocycles. The highest BCUT2D eigenvalue weighted by Crippen LogP contribution is 2.32. The van der Waals surface area contributed by atoms with Gasteiger partial charge in [0, 0.05) is 37.3 Å². The van der Waals surface area contributed by atoms with Crippen molar-refractivity contribution in [1.29, 1.82) is 5.26 Å². The number of aldehydes is 1. The van der Waals surface area contributed by atoms with E-state index in [-0.39, 0.29) is 23.5 Å². The van der Waals surface area contributed by atoms with Gasteiger partial charge in [-0.3, -0.25) is 24.7 Å². The van der Waals surface area contributed by atoms with Gasteiger partial charge < -0.3 is 9.64 Å². The lowest BCUT2D eigenvalue weighted by molar-refractivity contribution is -0.138. The van der Waals surface area contributed by atoms with Crippen molar-refractivity contribution in [3.63, 3.8) is 0 Å². The number of amides is 3. The van der Waals surface area contributed by atoms with E-state index in [1.54, 1.807) is 6.07 Å². The molecule has 4 aliphatic rings. The normalized spacial score (nSPS) is 20.9. The first-order valence-electron chi connectivity index (χ1n) is 13.2. The third kappa shape index (κ3) is 4.79. The minimum absolute atomic E-state index is 0.0682. The number of anilines is 2. The summed E-state index contributed by atoms with van der Waals surface area (Å²) >= 11 is 0. The molecule has 0 radical (unpaired) electrons. The third-order valence-electron chi connectivity index (χ3n) is 7.65. The highest BCUT2D eigenvalue weighted by Gasteiger charge is 2.35. The zero-order chi connectivity index (χ0) is 26.2. The number of urea groups is 1. The van der Waals surface area contributed by atoms with Gasteiger partial charge in [-0.15, -0.1) is 0 Å². The summed E-state index contributed by atoms with van der Waals surface area (Å²) in [4.78, 5) is 52.4.